The molecule has 28 heavy (non-hydrogen) atoms. The van der Waals surface area contributed by atoms with Gasteiger partial charge in [-0.3, -0.25) is 0 Å². The van der Waals surface area contributed by atoms with Crippen molar-refractivity contribution >= 4 is 9.24 Å². The summed E-state index contributed by atoms with van der Waals surface area (Å²) in [5, 5.41) is -0.400. The Balaban J connectivity index is 1.48. The molecule has 0 spiro atoms. The summed E-state index contributed by atoms with van der Waals surface area (Å²) in [6.07, 6.45) is 5.93. The highest BCUT2D eigenvalue weighted by Crippen LogP contribution is 2.27. The van der Waals surface area contributed by atoms with Gasteiger partial charge in [0.25, 0.3) is 0 Å². The third-order valence-electron chi connectivity index (χ3n) is 5.05. The predicted molar refractivity (Wildman–Crippen MR) is 120 cm³/mol. The third-order valence-corrected chi connectivity index (χ3v) is 5.87. The third kappa shape index (κ3) is 5.34. The zero-order valence-electron chi connectivity index (χ0n) is 16.4. The monoisotopic (exact) mass is 393 g/mol. The normalized spacial score (nSPS) is 13.1. The van der Waals surface area contributed by atoms with Crippen LogP contribution in [0.2, 0.25) is 0 Å². The van der Waals surface area contributed by atoms with Crippen LogP contribution in [0.5, 0.6) is 5.75 Å². The van der Waals surface area contributed by atoms with E-state index < -0.39 is 5.28 Å². The van der Waals surface area contributed by atoms with Crippen molar-refractivity contribution in [3.05, 3.63) is 90.4 Å². The lowest BCUT2D eigenvalue weighted by Gasteiger charge is -2.25. The van der Waals surface area contributed by atoms with Crippen molar-refractivity contribution in [3.63, 3.8) is 0 Å². The average Bonchev–Trinajstić information content (AvgIpc) is 3.24. The molecular weight excluding hydrogens is 365 g/mol. The first-order valence-corrected chi connectivity index (χ1v) is 10.1. The van der Waals surface area contributed by atoms with E-state index in [2.05, 4.69) is 59.1 Å². The summed E-state index contributed by atoms with van der Waals surface area (Å²) in [7, 11) is 2.70. The molecule has 146 valence electrons. The highest BCUT2D eigenvalue weighted by atomic mass is 31.0. The molecule has 3 nitrogen and oxygen atoms in total. The number of hydrogen-bond donors (Lipinski definition) is 1. The summed E-state index contributed by atoms with van der Waals surface area (Å²) in [4.78, 5) is 0. The molecule has 0 radical (unpaired) electrons. The summed E-state index contributed by atoms with van der Waals surface area (Å²) in [5.41, 5.74) is 11.9. The van der Waals surface area contributed by atoms with Crippen LogP contribution in [0.25, 0.3) is 11.1 Å². The van der Waals surface area contributed by atoms with Gasteiger partial charge in [-0.1, -0.05) is 49.9 Å². The van der Waals surface area contributed by atoms with Crippen LogP contribution >= 0.6 is 9.24 Å². The van der Waals surface area contributed by atoms with Crippen molar-refractivity contribution in [3.8, 4) is 16.9 Å². The van der Waals surface area contributed by atoms with E-state index >= 15 is 0 Å². The molecular formula is C24H28NO2P. The molecule has 0 aliphatic rings. The summed E-state index contributed by atoms with van der Waals surface area (Å²) in [6.45, 7) is 6.85. The Labute approximate surface area is 169 Å². The Bertz CT molecular complexity index is 881. The van der Waals surface area contributed by atoms with E-state index in [0.29, 0.717) is 6.61 Å². The number of benzene rings is 2. The van der Waals surface area contributed by atoms with Gasteiger partial charge >= 0.3 is 0 Å². The largest absolute Gasteiger partial charge is 0.493 e. The first-order chi connectivity index (χ1) is 13.5. The first kappa shape index (κ1) is 20.4. The number of rotatable bonds is 9. The van der Waals surface area contributed by atoms with Crippen molar-refractivity contribution < 1.29 is 9.15 Å². The second-order valence-electron chi connectivity index (χ2n) is 7.13. The Hall–Kier alpha value is -2.35. The zero-order valence-corrected chi connectivity index (χ0v) is 17.5. The zero-order chi connectivity index (χ0) is 20.0. The lowest BCUT2D eigenvalue weighted by Crippen LogP contribution is -2.34. The van der Waals surface area contributed by atoms with Crippen LogP contribution in [0.4, 0.5) is 0 Å². The van der Waals surface area contributed by atoms with Gasteiger partial charge in [0, 0.05) is 12.0 Å². The fourth-order valence-corrected chi connectivity index (χ4v) is 3.05. The predicted octanol–water partition coefficient (Wildman–Crippen LogP) is 5.61. The summed E-state index contributed by atoms with van der Waals surface area (Å²) in [5.74, 6) is 0.879. The van der Waals surface area contributed by atoms with Gasteiger partial charge in [0.2, 0.25) is 0 Å². The van der Waals surface area contributed by atoms with E-state index in [-0.39, 0.29) is 0 Å². The summed E-state index contributed by atoms with van der Waals surface area (Å²) >= 11 is 0. The van der Waals surface area contributed by atoms with E-state index in [4.69, 9.17) is 14.9 Å². The van der Waals surface area contributed by atoms with Crippen molar-refractivity contribution in [2.24, 2.45) is 5.73 Å². The molecule has 0 bridgehead atoms. The van der Waals surface area contributed by atoms with Gasteiger partial charge in [-0.2, -0.15) is 0 Å². The van der Waals surface area contributed by atoms with Gasteiger partial charge in [-0.05, 0) is 53.3 Å². The number of nitrogens with two attached hydrogens (primary N) is 1. The van der Waals surface area contributed by atoms with Crippen molar-refractivity contribution in [1.82, 2.24) is 0 Å². The molecule has 3 rings (SSSR count). The molecule has 0 aliphatic heterocycles. The molecule has 0 saturated carbocycles. The lowest BCUT2D eigenvalue weighted by molar-refractivity contribution is 0.322. The van der Waals surface area contributed by atoms with E-state index in [0.717, 1.165) is 41.7 Å². The molecule has 0 amide bonds. The van der Waals surface area contributed by atoms with Crippen molar-refractivity contribution in [1.29, 1.82) is 0 Å². The molecule has 4 heteroatoms. The summed E-state index contributed by atoms with van der Waals surface area (Å²) < 4.78 is 11.0. The quantitative estimate of drug-likeness (QED) is 0.380. The van der Waals surface area contributed by atoms with Crippen LogP contribution in [-0.4, -0.2) is 11.9 Å². The van der Waals surface area contributed by atoms with Crippen LogP contribution in [0.3, 0.4) is 0 Å². The minimum absolute atomic E-state index is 0.400. The van der Waals surface area contributed by atoms with Crippen molar-refractivity contribution in [2.75, 3.05) is 6.61 Å². The van der Waals surface area contributed by atoms with E-state index in [1.54, 1.807) is 12.5 Å². The smallest absolute Gasteiger partial charge is 0.119 e. The maximum atomic E-state index is 6.23. The van der Waals surface area contributed by atoms with Gasteiger partial charge in [0.15, 0.2) is 0 Å². The SMILES string of the molecule is C=C(Cc1ccc(OCCc2ccc(-c3ccoc3)cc2)cc1)[C@](N)(P)CC. The van der Waals surface area contributed by atoms with Crippen LogP contribution < -0.4 is 10.5 Å². The topological polar surface area (TPSA) is 48.4 Å². The van der Waals surface area contributed by atoms with Gasteiger partial charge in [0.05, 0.1) is 24.4 Å². The molecule has 1 unspecified atom stereocenters. The average molecular weight is 393 g/mol. The molecule has 1 aromatic heterocycles. The Morgan fingerprint density at radius 1 is 1.04 bits per heavy atom. The highest BCUT2D eigenvalue weighted by molar-refractivity contribution is 7.19. The standard InChI is InChI=1S/C24H28NO2P/c1-3-24(25,28)18(2)16-20-6-10-23(11-7-20)27-15-12-19-4-8-21(9-5-19)22-13-14-26-17-22/h4-11,13-14,17H,2-3,12,15-16,25,28H2,1H3/t24-/m1/s1. The van der Waals surface area contributed by atoms with Gasteiger partial charge < -0.3 is 14.9 Å². The molecule has 1 heterocycles. The van der Waals surface area contributed by atoms with Gasteiger partial charge in [-0.15, -0.1) is 9.24 Å². The van der Waals surface area contributed by atoms with Gasteiger partial charge in [0.1, 0.15) is 5.75 Å². The fourth-order valence-electron chi connectivity index (χ4n) is 2.94. The molecule has 2 atom stereocenters. The Morgan fingerprint density at radius 2 is 1.71 bits per heavy atom. The van der Waals surface area contributed by atoms with Crippen LogP contribution in [-0.2, 0) is 12.8 Å². The Kier molecular flexibility index (Phi) is 6.72. The minimum Gasteiger partial charge on any atom is -0.493 e. The minimum atomic E-state index is -0.400. The van der Waals surface area contributed by atoms with Crippen LogP contribution in [0, 0.1) is 0 Å². The van der Waals surface area contributed by atoms with Crippen LogP contribution in [0.15, 0.2) is 83.7 Å². The fraction of sp³-hybridized carbons (Fsp3) is 0.250. The highest BCUT2D eigenvalue weighted by Gasteiger charge is 2.19. The number of ether oxygens (including phenoxy) is 1. The summed E-state index contributed by atoms with van der Waals surface area (Å²) in [6, 6.07) is 18.6. The molecule has 0 saturated heterocycles. The molecule has 0 aliphatic carbocycles. The molecule has 2 N–H and O–H groups in total. The first-order valence-electron chi connectivity index (χ1n) is 9.57. The maximum absolute atomic E-state index is 6.23. The number of hydrogen-bond acceptors (Lipinski definition) is 3. The molecule has 3 aromatic rings. The van der Waals surface area contributed by atoms with Crippen LogP contribution in [0.1, 0.15) is 24.5 Å². The molecule has 2 aromatic carbocycles. The van der Waals surface area contributed by atoms with Gasteiger partial charge in [-0.25, -0.2) is 0 Å². The van der Waals surface area contributed by atoms with E-state index in [1.807, 2.05) is 18.2 Å². The maximum Gasteiger partial charge on any atom is 0.119 e. The Morgan fingerprint density at radius 3 is 2.32 bits per heavy atom. The second kappa shape index (κ2) is 9.23. The second-order valence-corrected chi connectivity index (χ2v) is 8.16. The number of furan rings is 1. The molecule has 0 fully saturated rings. The van der Waals surface area contributed by atoms with E-state index in [1.165, 1.54) is 11.1 Å². The van der Waals surface area contributed by atoms with Crippen molar-refractivity contribution in [2.45, 2.75) is 31.5 Å². The lowest BCUT2D eigenvalue weighted by atomic mass is 9.98. The van der Waals surface area contributed by atoms with E-state index in [9.17, 15) is 0 Å².